The number of nitrogens with zero attached hydrogens (tertiary/aromatic N) is 2. The standard InChI is InChI=1S/C27H28FN3O2/c1-19-10-12-20(13-11-19)25(26(32)30-22-7-3-2-4-8-22)31(23-16-14-21(28)15-17-23)27(33)24-9-5-6-18-29-24/h5-6,9-18,22,25H,2-4,7-8H2,1H3,(H,30,32)/t25-/m0/s1. The molecule has 1 aromatic heterocycles. The Hall–Kier alpha value is -3.54. The van der Waals surface area contributed by atoms with Crippen molar-refractivity contribution in [2.24, 2.45) is 0 Å². The Morgan fingerprint density at radius 2 is 1.67 bits per heavy atom. The zero-order valence-electron chi connectivity index (χ0n) is 18.7. The lowest BCUT2D eigenvalue weighted by Gasteiger charge is -2.33. The van der Waals surface area contributed by atoms with Crippen LogP contribution in [0.15, 0.2) is 72.9 Å². The van der Waals surface area contributed by atoms with Crippen LogP contribution in [-0.4, -0.2) is 22.8 Å². The van der Waals surface area contributed by atoms with Gasteiger partial charge in [-0.3, -0.25) is 19.5 Å². The summed E-state index contributed by atoms with van der Waals surface area (Å²) in [6.07, 6.45) is 6.73. The molecule has 4 rings (SSSR count). The molecule has 2 aromatic carbocycles. The number of amides is 2. The molecular formula is C27H28FN3O2. The van der Waals surface area contributed by atoms with Gasteiger partial charge < -0.3 is 5.32 Å². The first-order valence-electron chi connectivity index (χ1n) is 11.4. The van der Waals surface area contributed by atoms with Crippen LogP contribution in [0.5, 0.6) is 0 Å². The highest BCUT2D eigenvalue weighted by atomic mass is 19.1. The molecule has 0 saturated heterocycles. The largest absolute Gasteiger partial charge is 0.351 e. The number of benzene rings is 2. The molecule has 5 nitrogen and oxygen atoms in total. The Bertz CT molecular complexity index is 1080. The molecule has 1 N–H and O–H groups in total. The summed E-state index contributed by atoms with van der Waals surface area (Å²) in [4.78, 5) is 33.0. The summed E-state index contributed by atoms with van der Waals surface area (Å²) in [5.74, 6) is -1.09. The topological polar surface area (TPSA) is 62.3 Å². The first-order valence-corrected chi connectivity index (χ1v) is 11.4. The van der Waals surface area contributed by atoms with E-state index in [2.05, 4.69) is 10.3 Å². The fourth-order valence-electron chi connectivity index (χ4n) is 4.29. The van der Waals surface area contributed by atoms with Crippen LogP contribution >= 0.6 is 0 Å². The lowest BCUT2D eigenvalue weighted by molar-refractivity contribution is -0.123. The number of hydrogen-bond acceptors (Lipinski definition) is 3. The van der Waals surface area contributed by atoms with E-state index < -0.39 is 17.8 Å². The fourth-order valence-corrected chi connectivity index (χ4v) is 4.29. The molecule has 1 fully saturated rings. The zero-order valence-corrected chi connectivity index (χ0v) is 18.7. The van der Waals surface area contributed by atoms with E-state index in [0.717, 1.165) is 31.2 Å². The first-order chi connectivity index (χ1) is 16.0. The monoisotopic (exact) mass is 445 g/mol. The summed E-state index contributed by atoms with van der Waals surface area (Å²) in [5, 5.41) is 3.17. The van der Waals surface area contributed by atoms with Crippen molar-refractivity contribution in [1.29, 1.82) is 0 Å². The molecule has 0 aliphatic heterocycles. The van der Waals surface area contributed by atoms with Gasteiger partial charge >= 0.3 is 0 Å². The third kappa shape index (κ3) is 5.45. The molecule has 170 valence electrons. The minimum atomic E-state index is -0.924. The van der Waals surface area contributed by atoms with E-state index in [1.54, 1.807) is 24.4 Å². The number of carbonyl (C=O) groups is 2. The number of rotatable bonds is 6. The predicted molar refractivity (Wildman–Crippen MR) is 126 cm³/mol. The summed E-state index contributed by atoms with van der Waals surface area (Å²) >= 11 is 0. The lowest BCUT2D eigenvalue weighted by atomic mass is 9.94. The highest BCUT2D eigenvalue weighted by Gasteiger charge is 2.35. The Labute approximate surface area is 193 Å². The van der Waals surface area contributed by atoms with Crippen LogP contribution in [0, 0.1) is 12.7 Å². The van der Waals surface area contributed by atoms with Crippen molar-refractivity contribution in [2.75, 3.05) is 4.90 Å². The number of carbonyl (C=O) groups excluding carboxylic acids is 2. The smallest absolute Gasteiger partial charge is 0.277 e. The van der Waals surface area contributed by atoms with Crippen molar-refractivity contribution in [3.8, 4) is 0 Å². The molecule has 6 heteroatoms. The predicted octanol–water partition coefficient (Wildman–Crippen LogP) is 5.37. The zero-order chi connectivity index (χ0) is 23.2. The number of halogens is 1. The van der Waals surface area contributed by atoms with Crippen molar-refractivity contribution >= 4 is 17.5 Å². The van der Waals surface area contributed by atoms with Gasteiger partial charge in [-0.15, -0.1) is 0 Å². The summed E-state index contributed by atoms with van der Waals surface area (Å²) in [7, 11) is 0. The molecule has 2 amide bonds. The van der Waals surface area contributed by atoms with Gasteiger partial charge in [0.15, 0.2) is 0 Å². The highest BCUT2D eigenvalue weighted by molar-refractivity contribution is 6.09. The van der Waals surface area contributed by atoms with Crippen LogP contribution in [0.3, 0.4) is 0 Å². The van der Waals surface area contributed by atoms with Gasteiger partial charge in [-0.05, 0) is 61.7 Å². The van der Waals surface area contributed by atoms with Crippen molar-refractivity contribution in [1.82, 2.24) is 10.3 Å². The molecule has 1 aliphatic carbocycles. The molecule has 0 unspecified atom stereocenters. The lowest BCUT2D eigenvalue weighted by Crippen LogP contribution is -2.47. The number of aryl methyl sites for hydroxylation is 1. The average molecular weight is 446 g/mol. The van der Waals surface area contributed by atoms with Crippen molar-refractivity contribution in [3.05, 3.63) is 95.6 Å². The van der Waals surface area contributed by atoms with Gasteiger partial charge in [0.1, 0.15) is 17.6 Å². The van der Waals surface area contributed by atoms with Gasteiger partial charge in [0, 0.05) is 17.9 Å². The number of anilines is 1. The van der Waals surface area contributed by atoms with E-state index in [1.807, 2.05) is 31.2 Å². The maximum atomic E-state index is 13.7. The number of hydrogen-bond donors (Lipinski definition) is 1. The SMILES string of the molecule is Cc1ccc([C@@H](C(=O)NC2CCCCC2)N(C(=O)c2ccccn2)c2ccc(F)cc2)cc1. The summed E-state index contributed by atoms with van der Waals surface area (Å²) in [6.45, 7) is 1.97. The maximum Gasteiger partial charge on any atom is 0.277 e. The van der Waals surface area contributed by atoms with Crippen LogP contribution in [0.4, 0.5) is 10.1 Å². The van der Waals surface area contributed by atoms with Crippen LogP contribution in [0.2, 0.25) is 0 Å². The molecule has 3 aromatic rings. The second-order valence-electron chi connectivity index (χ2n) is 8.52. The molecular weight excluding hydrogens is 417 g/mol. The van der Waals surface area contributed by atoms with Crippen LogP contribution in [-0.2, 0) is 4.79 Å². The van der Waals surface area contributed by atoms with Gasteiger partial charge in [-0.25, -0.2) is 4.39 Å². The molecule has 1 saturated carbocycles. The van der Waals surface area contributed by atoms with Crippen molar-refractivity contribution < 1.29 is 14.0 Å². The van der Waals surface area contributed by atoms with Gasteiger partial charge in [0.05, 0.1) is 0 Å². The molecule has 1 aliphatic rings. The van der Waals surface area contributed by atoms with Gasteiger partial charge in [-0.2, -0.15) is 0 Å². The summed E-state index contributed by atoms with van der Waals surface area (Å²) < 4.78 is 13.7. The summed E-state index contributed by atoms with van der Waals surface area (Å²) in [5.41, 5.74) is 2.37. The van der Waals surface area contributed by atoms with Crippen LogP contribution < -0.4 is 10.2 Å². The third-order valence-electron chi connectivity index (χ3n) is 6.06. The number of aromatic nitrogens is 1. The van der Waals surface area contributed by atoms with E-state index in [0.29, 0.717) is 11.3 Å². The second kappa shape index (κ2) is 10.4. The van der Waals surface area contributed by atoms with E-state index in [-0.39, 0.29) is 17.6 Å². The quantitative estimate of drug-likeness (QED) is 0.555. The number of pyridine rings is 1. The minimum absolute atomic E-state index is 0.0826. The van der Waals surface area contributed by atoms with Crippen LogP contribution in [0.25, 0.3) is 0 Å². The molecule has 1 heterocycles. The Morgan fingerprint density at radius 3 is 2.30 bits per heavy atom. The fraction of sp³-hybridized carbons (Fsp3) is 0.296. The molecule has 33 heavy (non-hydrogen) atoms. The molecule has 0 bridgehead atoms. The number of nitrogens with one attached hydrogen (secondary N) is 1. The van der Waals surface area contributed by atoms with Crippen molar-refractivity contribution in [3.63, 3.8) is 0 Å². The molecule has 0 radical (unpaired) electrons. The molecule has 0 spiro atoms. The second-order valence-corrected chi connectivity index (χ2v) is 8.52. The van der Waals surface area contributed by atoms with Gasteiger partial charge in [0.25, 0.3) is 5.91 Å². The molecule has 1 atom stereocenters. The van der Waals surface area contributed by atoms with Gasteiger partial charge in [-0.1, -0.05) is 55.2 Å². The first kappa shape index (κ1) is 22.6. The normalized spacial score (nSPS) is 15.0. The average Bonchev–Trinajstić information content (AvgIpc) is 2.85. The van der Waals surface area contributed by atoms with E-state index in [1.165, 1.54) is 35.6 Å². The maximum absolute atomic E-state index is 13.7. The van der Waals surface area contributed by atoms with E-state index in [9.17, 15) is 14.0 Å². The third-order valence-corrected chi connectivity index (χ3v) is 6.06. The van der Waals surface area contributed by atoms with E-state index in [4.69, 9.17) is 0 Å². The van der Waals surface area contributed by atoms with Gasteiger partial charge in [0.2, 0.25) is 5.91 Å². The van der Waals surface area contributed by atoms with Crippen molar-refractivity contribution in [2.45, 2.75) is 51.1 Å². The van der Waals surface area contributed by atoms with E-state index >= 15 is 0 Å². The Kier molecular flexibility index (Phi) is 7.13. The van der Waals surface area contributed by atoms with Crippen LogP contribution in [0.1, 0.15) is 59.8 Å². The Balaban J connectivity index is 1.79. The summed E-state index contributed by atoms with van der Waals surface area (Å²) in [6, 6.07) is 17.4. The minimum Gasteiger partial charge on any atom is -0.351 e. The Morgan fingerprint density at radius 1 is 0.970 bits per heavy atom. The highest BCUT2D eigenvalue weighted by Crippen LogP contribution is 2.31.